The molecule has 53 valence electrons. The zero-order valence-corrected chi connectivity index (χ0v) is 7.35. The van der Waals surface area contributed by atoms with Gasteiger partial charge in [-0.3, -0.25) is 0 Å². The minimum Gasteiger partial charge on any atom is -0.385 e. The molecule has 1 radical (unpaired) electrons. The Balaban J connectivity index is 3.14. The first-order chi connectivity index (χ1) is 4.75. The van der Waals surface area contributed by atoms with Gasteiger partial charge < -0.3 is 5.11 Å². The van der Waals surface area contributed by atoms with Crippen LogP contribution in [0.5, 0.6) is 0 Å². The standard InChI is InChI=1S/C7H5BrClO/c8-7-5(4-10)2-1-3-6(7)9/h1-4,10H. The number of rotatable bonds is 1. The van der Waals surface area contributed by atoms with Crippen molar-refractivity contribution in [2.75, 3.05) is 0 Å². The van der Waals surface area contributed by atoms with Gasteiger partial charge in [-0.2, -0.15) is 0 Å². The summed E-state index contributed by atoms with van der Waals surface area (Å²) < 4.78 is 0.721. The average Bonchev–Trinajstić information content (AvgIpc) is 1.95. The summed E-state index contributed by atoms with van der Waals surface area (Å²) in [6, 6.07) is 5.28. The monoisotopic (exact) mass is 219 g/mol. The molecule has 0 fully saturated rings. The number of aliphatic hydroxyl groups is 1. The molecule has 1 rings (SSSR count). The maximum absolute atomic E-state index is 8.63. The van der Waals surface area contributed by atoms with Crippen molar-refractivity contribution in [3.8, 4) is 0 Å². The van der Waals surface area contributed by atoms with Gasteiger partial charge in [0.2, 0.25) is 0 Å². The summed E-state index contributed by atoms with van der Waals surface area (Å²) in [6.07, 6.45) is 0. The Kier molecular flexibility index (Phi) is 2.72. The SMILES string of the molecule is O[CH]c1cccc(Cl)c1Br. The Morgan fingerprint density at radius 2 is 2.20 bits per heavy atom. The normalized spacial score (nSPS) is 9.90. The van der Waals surface area contributed by atoms with Crippen LogP contribution in [-0.4, -0.2) is 5.11 Å². The summed E-state index contributed by atoms with van der Waals surface area (Å²) in [6.45, 7) is 1.01. The van der Waals surface area contributed by atoms with Gasteiger partial charge in [0, 0.05) is 4.47 Å². The minimum absolute atomic E-state index is 0.600. The van der Waals surface area contributed by atoms with Crippen molar-refractivity contribution in [3.63, 3.8) is 0 Å². The molecular weight excluding hydrogens is 215 g/mol. The van der Waals surface area contributed by atoms with Crippen molar-refractivity contribution in [1.29, 1.82) is 0 Å². The zero-order chi connectivity index (χ0) is 7.56. The third kappa shape index (κ3) is 1.51. The number of benzene rings is 1. The smallest absolute Gasteiger partial charge is 0.110 e. The van der Waals surface area contributed by atoms with E-state index in [4.69, 9.17) is 16.7 Å². The fourth-order valence-electron chi connectivity index (χ4n) is 0.620. The number of halogens is 2. The van der Waals surface area contributed by atoms with Crippen LogP contribution in [0.15, 0.2) is 22.7 Å². The largest absolute Gasteiger partial charge is 0.385 e. The van der Waals surface area contributed by atoms with Crippen molar-refractivity contribution in [2.45, 2.75) is 0 Å². The first-order valence-electron chi connectivity index (χ1n) is 2.67. The van der Waals surface area contributed by atoms with Crippen LogP contribution in [-0.2, 0) is 0 Å². The van der Waals surface area contributed by atoms with E-state index in [0.29, 0.717) is 10.6 Å². The lowest BCUT2D eigenvalue weighted by molar-refractivity contribution is 0.414. The highest BCUT2D eigenvalue weighted by atomic mass is 79.9. The first kappa shape index (κ1) is 8.05. The molecule has 0 bridgehead atoms. The van der Waals surface area contributed by atoms with E-state index in [1.165, 1.54) is 0 Å². The molecule has 0 aliphatic carbocycles. The van der Waals surface area contributed by atoms with E-state index >= 15 is 0 Å². The fraction of sp³-hybridized carbons (Fsp3) is 0. The topological polar surface area (TPSA) is 20.2 Å². The highest BCUT2D eigenvalue weighted by molar-refractivity contribution is 9.10. The Labute approximate surface area is 72.8 Å². The van der Waals surface area contributed by atoms with Crippen molar-refractivity contribution in [3.05, 3.63) is 39.9 Å². The van der Waals surface area contributed by atoms with Crippen LogP contribution in [0.3, 0.4) is 0 Å². The molecule has 10 heavy (non-hydrogen) atoms. The van der Waals surface area contributed by atoms with Gasteiger partial charge in [-0.25, -0.2) is 0 Å². The highest BCUT2D eigenvalue weighted by Gasteiger charge is 2.00. The second-order valence-electron chi connectivity index (χ2n) is 1.77. The zero-order valence-electron chi connectivity index (χ0n) is 5.01. The molecule has 0 saturated heterocycles. The van der Waals surface area contributed by atoms with Gasteiger partial charge >= 0.3 is 0 Å². The van der Waals surface area contributed by atoms with Gasteiger partial charge in [0.25, 0.3) is 0 Å². The molecule has 0 atom stereocenters. The van der Waals surface area contributed by atoms with Crippen molar-refractivity contribution < 1.29 is 5.11 Å². The van der Waals surface area contributed by atoms with Crippen LogP contribution in [0.4, 0.5) is 0 Å². The van der Waals surface area contributed by atoms with Crippen LogP contribution < -0.4 is 0 Å². The van der Waals surface area contributed by atoms with Crippen LogP contribution in [0.25, 0.3) is 0 Å². The lowest BCUT2D eigenvalue weighted by Crippen LogP contribution is -1.81. The summed E-state index contributed by atoms with van der Waals surface area (Å²) in [5.41, 5.74) is 0.688. The summed E-state index contributed by atoms with van der Waals surface area (Å²) in [4.78, 5) is 0. The Morgan fingerprint density at radius 1 is 1.50 bits per heavy atom. The van der Waals surface area contributed by atoms with E-state index < -0.39 is 0 Å². The second kappa shape index (κ2) is 3.37. The van der Waals surface area contributed by atoms with E-state index in [9.17, 15) is 0 Å². The molecule has 1 nitrogen and oxygen atoms in total. The van der Waals surface area contributed by atoms with Gasteiger partial charge in [-0.15, -0.1) is 0 Å². The molecule has 0 unspecified atom stereocenters. The molecule has 0 amide bonds. The van der Waals surface area contributed by atoms with Gasteiger partial charge in [0.05, 0.1) is 5.02 Å². The summed E-state index contributed by atoms with van der Waals surface area (Å²) in [7, 11) is 0. The Bertz CT molecular complexity index is 237. The van der Waals surface area contributed by atoms with E-state index in [0.717, 1.165) is 11.1 Å². The molecular formula is C7H5BrClO. The summed E-state index contributed by atoms with van der Waals surface area (Å²) in [5.74, 6) is 0. The third-order valence-corrected chi connectivity index (χ3v) is 2.55. The Morgan fingerprint density at radius 3 is 2.70 bits per heavy atom. The van der Waals surface area contributed by atoms with E-state index in [1.807, 2.05) is 0 Å². The molecule has 0 heterocycles. The molecule has 1 aromatic rings. The van der Waals surface area contributed by atoms with Crippen LogP contribution in [0, 0.1) is 6.61 Å². The van der Waals surface area contributed by atoms with Crippen LogP contribution >= 0.6 is 27.5 Å². The molecule has 0 spiro atoms. The van der Waals surface area contributed by atoms with Crippen LogP contribution in [0.1, 0.15) is 5.56 Å². The number of hydrogen-bond acceptors (Lipinski definition) is 1. The predicted molar refractivity (Wildman–Crippen MR) is 44.5 cm³/mol. The second-order valence-corrected chi connectivity index (χ2v) is 2.97. The van der Waals surface area contributed by atoms with Gasteiger partial charge in [0.1, 0.15) is 6.61 Å². The fourth-order valence-corrected chi connectivity index (χ4v) is 1.17. The quantitative estimate of drug-likeness (QED) is 0.771. The lowest BCUT2D eigenvalue weighted by atomic mass is 10.2. The number of aliphatic hydroxyl groups excluding tert-OH is 1. The molecule has 0 aliphatic heterocycles. The first-order valence-corrected chi connectivity index (χ1v) is 3.84. The molecule has 0 aliphatic rings. The van der Waals surface area contributed by atoms with E-state index in [1.54, 1.807) is 18.2 Å². The van der Waals surface area contributed by atoms with E-state index in [-0.39, 0.29) is 0 Å². The maximum Gasteiger partial charge on any atom is 0.110 e. The van der Waals surface area contributed by atoms with E-state index in [2.05, 4.69) is 15.9 Å². The summed E-state index contributed by atoms with van der Waals surface area (Å²) >= 11 is 8.93. The van der Waals surface area contributed by atoms with Gasteiger partial charge in [-0.1, -0.05) is 23.7 Å². The van der Waals surface area contributed by atoms with Gasteiger partial charge in [-0.05, 0) is 27.6 Å². The summed E-state index contributed by atoms with van der Waals surface area (Å²) in [5, 5.41) is 9.23. The molecule has 3 heteroatoms. The van der Waals surface area contributed by atoms with Crippen molar-refractivity contribution in [1.82, 2.24) is 0 Å². The lowest BCUT2D eigenvalue weighted by Gasteiger charge is -1.99. The highest BCUT2D eigenvalue weighted by Crippen LogP contribution is 2.26. The molecule has 0 aromatic heterocycles. The van der Waals surface area contributed by atoms with Crippen LogP contribution in [0.2, 0.25) is 5.02 Å². The maximum atomic E-state index is 8.63. The average molecular weight is 220 g/mol. The third-order valence-electron chi connectivity index (χ3n) is 1.12. The molecule has 0 saturated carbocycles. The molecule has 1 N–H and O–H groups in total. The predicted octanol–water partition coefficient (Wildman–Crippen LogP) is 2.98. The molecule has 1 aromatic carbocycles. The minimum atomic E-state index is 0.600. The van der Waals surface area contributed by atoms with Gasteiger partial charge in [0.15, 0.2) is 0 Å². The number of hydrogen-bond donors (Lipinski definition) is 1. The Hall–Kier alpha value is -0.0500. The van der Waals surface area contributed by atoms with Crippen molar-refractivity contribution >= 4 is 27.5 Å². The van der Waals surface area contributed by atoms with Crippen molar-refractivity contribution in [2.24, 2.45) is 0 Å².